The second-order valence-electron chi connectivity index (χ2n) is 7.84. The molecule has 0 atom stereocenters. The van der Waals surface area contributed by atoms with Gasteiger partial charge in [0, 0.05) is 17.6 Å². The van der Waals surface area contributed by atoms with Gasteiger partial charge in [0.25, 0.3) is 5.56 Å². The molecule has 1 aliphatic carbocycles. The second-order valence-corrected chi connectivity index (χ2v) is 7.84. The molecule has 1 saturated carbocycles. The van der Waals surface area contributed by atoms with E-state index in [1.54, 1.807) is 13.3 Å². The third kappa shape index (κ3) is 2.91. The van der Waals surface area contributed by atoms with Gasteiger partial charge in [-0.05, 0) is 24.5 Å². The minimum absolute atomic E-state index is 0.0828. The Kier molecular flexibility index (Phi) is 4.62. The Hall–Kier alpha value is -3.41. The van der Waals surface area contributed by atoms with Gasteiger partial charge in [0.15, 0.2) is 0 Å². The van der Waals surface area contributed by atoms with Crippen LogP contribution in [0.5, 0.6) is 5.75 Å². The molecule has 0 radical (unpaired) electrons. The van der Waals surface area contributed by atoms with Crippen LogP contribution in [0.4, 0.5) is 0 Å². The summed E-state index contributed by atoms with van der Waals surface area (Å²) in [5, 5.41) is 1.25. The lowest BCUT2D eigenvalue weighted by Gasteiger charge is -2.20. The Morgan fingerprint density at radius 1 is 1.00 bits per heavy atom. The van der Waals surface area contributed by atoms with Crippen molar-refractivity contribution in [3.63, 3.8) is 0 Å². The average Bonchev–Trinajstić information content (AvgIpc) is 3.31. The minimum atomic E-state index is -0.301. The molecule has 6 nitrogen and oxygen atoms in total. The smallest absolute Gasteiger partial charge is 0.332 e. The van der Waals surface area contributed by atoms with Crippen molar-refractivity contribution in [2.75, 3.05) is 7.11 Å². The summed E-state index contributed by atoms with van der Waals surface area (Å²) in [4.78, 5) is 31.6. The Morgan fingerprint density at radius 3 is 2.50 bits per heavy atom. The number of ether oxygens (including phenoxy) is 1. The van der Waals surface area contributed by atoms with Crippen molar-refractivity contribution in [2.45, 2.75) is 38.3 Å². The molecular formula is C24H23N3O3. The van der Waals surface area contributed by atoms with Crippen LogP contribution in [0, 0.1) is 0 Å². The van der Waals surface area contributed by atoms with Crippen LogP contribution < -0.4 is 16.0 Å². The number of aromatic nitrogens is 3. The summed E-state index contributed by atoms with van der Waals surface area (Å²) in [6.07, 6.45) is 5.64. The van der Waals surface area contributed by atoms with E-state index in [2.05, 4.69) is 4.98 Å². The van der Waals surface area contributed by atoms with E-state index >= 15 is 0 Å². The largest absolute Gasteiger partial charge is 0.494 e. The second kappa shape index (κ2) is 7.44. The van der Waals surface area contributed by atoms with Crippen LogP contribution in [-0.4, -0.2) is 21.2 Å². The predicted molar refractivity (Wildman–Crippen MR) is 117 cm³/mol. The van der Waals surface area contributed by atoms with E-state index in [1.807, 2.05) is 53.1 Å². The van der Waals surface area contributed by atoms with E-state index in [-0.39, 0.29) is 23.8 Å². The summed E-state index contributed by atoms with van der Waals surface area (Å²) in [5.74, 6) is 0.633. The molecular weight excluding hydrogens is 378 g/mol. The Morgan fingerprint density at radius 2 is 1.77 bits per heavy atom. The molecule has 2 aromatic carbocycles. The highest BCUT2D eigenvalue weighted by atomic mass is 16.5. The number of para-hydroxylation sites is 1. The molecule has 0 amide bonds. The maximum Gasteiger partial charge on any atom is 0.332 e. The summed E-state index contributed by atoms with van der Waals surface area (Å²) in [7, 11) is 1.60. The van der Waals surface area contributed by atoms with Gasteiger partial charge in [0.2, 0.25) is 0 Å². The maximum atomic E-state index is 13.7. The van der Waals surface area contributed by atoms with Gasteiger partial charge in [0.1, 0.15) is 11.3 Å². The zero-order valence-electron chi connectivity index (χ0n) is 16.9. The fourth-order valence-electron chi connectivity index (χ4n) is 4.63. The number of hydrogen-bond donors (Lipinski definition) is 0. The first-order valence-electron chi connectivity index (χ1n) is 10.3. The molecule has 0 unspecified atom stereocenters. The standard InChI is InChI=1S/C24H23N3O3/c1-30-20-13-7-12-18-21(20)25-14-19-22(18)27(17-10-5-6-11-17)24(29)26(23(19)28)15-16-8-3-2-4-9-16/h2-4,7-9,12-14,17H,5-6,10-11,15H2,1H3. The molecule has 1 aliphatic rings. The van der Waals surface area contributed by atoms with Crippen molar-refractivity contribution in [1.82, 2.24) is 14.1 Å². The predicted octanol–water partition coefficient (Wildman–Crippen LogP) is 3.88. The van der Waals surface area contributed by atoms with E-state index in [9.17, 15) is 9.59 Å². The molecule has 6 heteroatoms. The molecule has 0 saturated heterocycles. The van der Waals surface area contributed by atoms with Crippen molar-refractivity contribution >= 4 is 21.8 Å². The van der Waals surface area contributed by atoms with Gasteiger partial charge in [-0.25, -0.2) is 4.79 Å². The highest BCUT2D eigenvalue weighted by molar-refractivity contribution is 6.04. The Labute approximate surface area is 173 Å². The lowest BCUT2D eigenvalue weighted by atomic mass is 10.1. The van der Waals surface area contributed by atoms with Gasteiger partial charge >= 0.3 is 5.69 Å². The van der Waals surface area contributed by atoms with E-state index in [1.165, 1.54) is 4.57 Å². The first-order valence-corrected chi connectivity index (χ1v) is 10.3. The summed E-state index contributed by atoms with van der Waals surface area (Å²) in [6, 6.07) is 15.3. The van der Waals surface area contributed by atoms with Gasteiger partial charge in [0.05, 0.1) is 24.6 Å². The van der Waals surface area contributed by atoms with Crippen molar-refractivity contribution < 1.29 is 4.74 Å². The monoisotopic (exact) mass is 401 g/mol. The lowest BCUT2D eigenvalue weighted by molar-refractivity contribution is 0.419. The van der Waals surface area contributed by atoms with Crippen molar-refractivity contribution in [1.29, 1.82) is 0 Å². The average molecular weight is 401 g/mol. The van der Waals surface area contributed by atoms with Crippen LogP contribution in [0.15, 0.2) is 64.3 Å². The third-order valence-corrected chi connectivity index (χ3v) is 6.08. The number of methoxy groups -OCH3 is 1. The SMILES string of the molecule is COc1cccc2c1ncc1c(=O)n(Cc3ccccc3)c(=O)n(C3CCCC3)c12. The number of rotatable bonds is 4. The summed E-state index contributed by atoms with van der Waals surface area (Å²) >= 11 is 0. The highest BCUT2D eigenvalue weighted by Gasteiger charge is 2.25. The highest BCUT2D eigenvalue weighted by Crippen LogP contribution is 2.34. The zero-order chi connectivity index (χ0) is 20.7. The van der Waals surface area contributed by atoms with E-state index in [4.69, 9.17) is 4.74 Å². The van der Waals surface area contributed by atoms with Crippen molar-refractivity contribution in [2.24, 2.45) is 0 Å². The van der Waals surface area contributed by atoms with Crippen LogP contribution in [0.25, 0.3) is 21.8 Å². The molecule has 2 heterocycles. The molecule has 1 fully saturated rings. The molecule has 2 aromatic heterocycles. The molecule has 0 N–H and O–H groups in total. The Balaban J connectivity index is 1.87. The number of hydrogen-bond acceptors (Lipinski definition) is 4. The topological polar surface area (TPSA) is 66.1 Å². The first-order chi connectivity index (χ1) is 14.7. The molecule has 30 heavy (non-hydrogen) atoms. The Bertz CT molecular complexity index is 1350. The van der Waals surface area contributed by atoms with Crippen LogP contribution in [0.1, 0.15) is 37.3 Å². The maximum absolute atomic E-state index is 13.7. The fourth-order valence-corrected chi connectivity index (χ4v) is 4.63. The van der Waals surface area contributed by atoms with E-state index in [0.29, 0.717) is 22.2 Å². The van der Waals surface area contributed by atoms with Crippen LogP contribution >= 0.6 is 0 Å². The van der Waals surface area contributed by atoms with Crippen LogP contribution in [-0.2, 0) is 6.54 Å². The first kappa shape index (κ1) is 18.6. The number of fused-ring (bicyclic) bond motifs is 3. The fraction of sp³-hybridized carbons (Fsp3) is 0.292. The molecule has 4 aromatic rings. The number of benzene rings is 2. The van der Waals surface area contributed by atoms with Crippen LogP contribution in [0.2, 0.25) is 0 Å². The van der Waals surface area contributed by atoms with Gasteiger partial charge in [-0.15, -0.1) is 0 Å². The molecule has 0 spiro atoms. The molecule has 5 rings (SSSR count). The summed E-state index contributed by atoms with van der Waals surface area (Å²) < 4.78 is 8.67. The molecule has 152 valence electrons. The van der Waals surface area contributed by atoms with Gasteiger partial charge in [-0.2, -0.15) is 0 Å². The minimum Gasteiger partial charge on any atom is -0.494 e. The van der Waals surface area contributed by atoms with Crippen molar-refractivity contribution in [3.05, 3.63) is 81.1 Å². The number of pyridine rings is 1. The lowest BCUT2D eigenvalue weighted by Crippen LogP contribution is -2.41. The quantitative estimate of drug-likeness (QED) is 0.487. The summed E-state index contributed by atoms with van der Waals surface area (Å²) in [5.41, 5.74) is 1.71. The third-order valence-electron chi connectivity index (χ3n) is 6.08. The zero-order valence-corrected chi connectivity index (χ0v) is 16.9. The normalized spacial score (nSPS) is 14.6. The van der Waals surface area contributed by atoms with Crippen molar-refractivity contribution in [3.8, 4) is 5.75 Å². The van der Waals surface area contributed by atoms with Gasteiger partial charge in [-0.3, -0.25) is 18.9 Å². The van der Waals surface area contributed by atoms with E-state index in [0.717, 1.165) is 36.6 Å². The molecule has 0 bridgehead atoms. The number of nitrogens with zero attached hydrogens (tertiary/aromatic N) is 3. The molecule has 0 aliphatic heterocycles. The van der Waals surface area contributed by atoms with Gasteiger partial charge in [-0.1, -0.05) is 55.3 Å². The van der Waals surface area contributed by atoms with Crippen LogP contribution in [0.3, 0.4) is 0 Å². The van der Waals surface area contributed by atoms with Gasteiger partial charge < -0.3 is 4.74 Å². The van der Waals surface area contributed by atoms with E-state index < -0.39 is 0 Å². The summed E-state index contributed by atoms with van der Waals surface area (Å²) in [6.45, 7) is 0.247.